The zero-order valence-electron chi connectivity index (χ0n) is 16.7. The first-order valence-electron chi connectivity index (χ1n) is 9.40. The maximum Gasteiger partial charge on any atom is 0.311 e. The van der Waals surface area contributed by atoms with Crippen LogP contribution in [0.3, 0.4) is 0 Å². The van der Waals surface area contributed by atoms with Crippen molar-refractivity contribution in [1.82, 2.24) is 9.78 Å². The van der Waals surface area contributed by atoms with Gasteiger partial charge in [-0.3, -0.25) is 14.4 Å². The van der Waals surface area contributed by atoms with E-state index in [1.54, 1.807) is 31.2 Å². The van der Waals surface area contributed by atoms with E-state index in [2.05, 4.69) is 10.4 Å². The lowest BCUT2D eigenvalue weighted by Gasteiger charge is -2.12. The highest BCUT2D eigenvalue weighted by molar-refractivity contribution is 5.91. The molecule has 0 aliphatic heterocycles. The van der Waals surface area contributed by atoms with Gasteiger partial charge in [-0.15, -0.1) is 0 Å². The van der Waals surface area contributed by atoms with E-state index >= 15 is 0 Å². The van der Waals surface area contributed by atoms with Crippen molar-refractivity contribution in [2.24, 2.45) is 0 Å². The maximum atomic E-state index is 12.8. The molecule has 0 bridgehead atoms. The molecule has 0 fully saturated rings. The molecule has 29 heavy (non-hydrogen) atoms. The number of anilines is 1. The summed E-state index contributed by atoms with van der Waals surface area (Å²) >= 11 is 0. The number of benzene rings is 2. The van der Waals surface area contributed by atoms with Crippen molar-refractivity contribution in [3.8, 4) is 0 Å². The van der Waals surface area contributed by atoms with Crippen molar-refractivity contribution in [3.05, 3.63) is 69.6 Å². The van der Waals surface area contributed by atoms with E-state index in [-0.39, 0.29) is 31.0 Å². The van der Waals surface area contributed by atoms with Crippen molar-refractivity contribution < 1.29 is 14.3 Å². The van der Waals surface area contributed by atoms with E-state index in [0.29, 0.717) is 22.2 Å². The first kappa shape index (κ1) is 20.3. The Morgan fingerprint density at radius 3 is 2.48 bits per heavy atom. The number of carbonyl (C=O) groups is 2. The zero-order valence-corrected chi connectivity index (χ0v) is 16.7. The molecule has 7 nitrogen and oxygen atoms in total. The first-order valence-corrected chi connectivity index (χ1v) is 9.40. The highest BCUT2D eigenvalue weighted by atomic mass is 16.5. The second-order valence-corrected chi connectivity index (χ2v) is 6.78. The molecule has 0 aliphatic rings. The molecule has 0 saturated carbocycles. The number of nitrogens with one attached hydrogen (secondary N) is 1. The Balaban J connectivity index is 1.90. The predicted molar refractivity (Wildman–Crippen MR) is 111 cm³/mol. The Morgan fingerprint density at radius 1 is 1.07 bits per heavy atom. The topological polar surface area (TPSA) is 90.3 Å². The molecular formula is C22H23N3O4. The maximum absolute atomic E-state index is 12.8. The van der Waals surface area contributed by atoms with Crippen LogP contribution in [0.15, 0.2) is 47.3 Å². The van der Waals surface area contributed by atoms with Gasteiger partial charge in [-0.05, 0) is 50.1 Å². The van der Waals surface area contributed by atoms with Gasteiger partial charge in [0.05, 0.1) is 24.1 Å². The number of aromatic nitrogens is 2. The summed E-state index contributed by atoms with van der Waals surface area (Å²) in [5, 5.41) is 8.05. The van der Waals surface area contributed by atoms with Crippen LogP contribution >= 0.6 is 0 Å². The average molecular weight is 393 g/mol. The summed E-state index contributed by atoms with van der Waals surface area (Å²) in [6.45, 7) is 5.68. The van der Waals surface area contributed by atoms with Crippen LogP contribution < -0.4 is 10.9 Å². The van der Waals surface area contributed by atoms with Gasteiger partial charge in [0.2, 0.25) is 5.91 Å². The Morgan fingerprint density at radius 2 is 1.79 bits per heavy atom. The van der Waals surface area contributed by atoms with Crippen molar-refractivity contribution in [2.75, 3.05) is 11.9 Å². The molecule has 7 heteroatoms. The van der Waals surface area contributed by atoms with E-state index < -0.39 is 5.97 Å². The average Bonchev–Trinajstić information content (AvgIpc) is 2.68. The lowest BCUT2D eigenvalue weighted by molar-refractivity contribution is -0.142. The summed E-state index contributed by atoms with van der Waals surface area (Å²) in [5.74, 6) is -0.810. The van der Waals surface area contributed by atoms with E-state index in [0.717, 1.165) is 15.8 Å². The van der Waals surface area contributed by atoms with Crippen LogP contribution in [0, 0.1) is 13.8 Å². The molecule has 0 spiro atoms. The van der Waals surface area contributed by atoms with E-state index in [1.165, 1.54) is 0 Å². The third-order valence-electron chi connectivity index (χ3n) is 4.65. The van der Waals surface area contributed by atoms with Crippen LogP contribution in [0.25, 0.3) is 10.8 Å². The van der Waals surface area contributed by atoms with Gasteiger partial charge in [0.15, 0.2) is 0 Å². The van der Waals surface area contributed by atoms with Crippen LogP contribution in [0.2, 0.25) is 0 Å². The van der Waals surface area contributed by atoms with E-state index in [4.69, 9.17) is 4.74 Å². The zero-order chi connectivity index (χ0) is 21.0. The highest BCUT2D eigenvalue weighted by Crippen LogP contribution is 2.16. The van der Waals surface area contributed by atoms with Crippen LogP contribution in [0.5, 0.6) is 0 Å². The van der Waals surface area contributed by atoms with Gasteiger partial charge in [0.25, 0.3) is 5.56 Å². The Kier molecular flexibility index (Phi) is 6.07. The third-order valence-corrected chi connectivity index (χ3v) is 4.65. The normalized spacial score (nSPS) is 10.7. The molecule has 1 heterocycles. The molecule has 0 saturated heterocycles. The quantitative estimate of drug-likeness (QED) is 0.651. The minimum Gasteiger partial charge on any atom is -0.466 e. The van der Waals surface area contributed by atoms with Crippen molar-refractivity contribution in [1.29, 1.82) is 0 Å². The second-order valence-electron chi connectivity index (χ2n) is 6.78. The minimum absolute atomic E-state index is 0.0760. The molecule has 0 unspecified atom stereocenters. The predicted octanol–water partition coefficient (Wildman–Crippen LogP) is 2.76. The van der Waals surface area contributed by atoms with Gasteiger partial charge >= 0.3 is 5.97 Å². The van der Waals surface area contributed by atoms with Crippen LogP contribution in [-0.4, -0.2) is 28.3 Å². The van der Waals surface area contributed by atoms with Crippen molar-refractivity contribution >= 4 is 28.3 Å². The molecule has 0 aliphatic carbocycles. The largest absolute Gasteiger partial charge is 0.466 e. The molecule has 3 rings (SSSR count). The third kappa shape index (κ3) is 4.68. The smallest absolute Gasteiger partial charge is 0.311 e. The number of ether oxygens (including phenoxy) is 1. The Hall–Kier alpha value is -3.48. The molecule has 1 N–H and O–H groups in total. The highest BCUT2D eigenvalue weighted by Gasteiger charge is 2.16. The van der Waals surface area contributed by atoms with Gasteiger partial charge < -0.3 is 10.1 Å². The molecule has 1 amide bonds. The minimum atomic E-state index is -0.435. The summed E-state index contributed by atoms with van der Waals surface area (Å²) in [5.41, 5.74) is 2.85. The summed E-state index contributed by atoms with van der Waals surface area (Å²) < 4.78 is 6.09. The SMILES string of the molecule is CCOC(=O)Cc1nn(CC(=O)Nc2ccc(C)c(C)c2)c(=O)c2ccccc12. The fraction of sp³-hybridized carbons (Fsp3) is 0.273. The number of hydrogen-bond donors (Lipinski definition) is 1. The number of esters is 1. The molecule has 0 radical (unpaired) electrons. The Bertz CT molecular complexity index is 1130. The second kappa shape index (κ2) is 8.68. The van der Waals surface area contributed by atoms with Gasteiger partial charge in [-0.25, -0.2) is 4.68 Å². The summed E-state index contributed by atoms with van der Waals surface area (Å²) in [6, 6.07) is 12.5. The number of hydrogen-bond acceptors (Lipinski definition) is 5. The lowest BCUT2D eigenvalue weighted by atomic mass is 10.1. The fourth-order valence-electron chi connectivity index (χ4n) is 3.05. The summed E-state index contributed by atoms with van der Waals surface area (Å²) in [6.07, 6.45) is -0.0760. The number of amides is 1. The van der Waals surface area contributed by atoms with Gasteiger partial charge in [0, 0.05) is 11.1 Å². The molecule has 3 aromatic rings. The van der Waals surface area contributed by atoms with E-state index in [1.807, 2.05) is 32.0 Å². The van der Waals surface area contributed by atoms with Crippen LogP contribution in [0.1, 0.15) is 23.7 Å². The lowest BCUT2D eigenvalue weighted by Crippen LogP contribution is -2.31. The molecule has 0 atom stereocenters. The monoisotopic (exact) mass is 393 g/mol. The first-order chi connectivity index (χ1) is 13.9. The number of carbonyl (C=O) groups excluding carboxylic acids is 2. The molecule has 150 valence electrons. The van der Waals surface area contributed by atoms with E-state index in [9.17, 15) is 14.4 Å². The summed E-state index contributed by atoms with van der Waals surface area (Å²) in [7, 11) is 0. The van der Waals surface area contributed by atoms with Crippen molar-refractivity contribution in [3.63, 3.8) is 0 Å². The standard InChI is InChI=1S/C22H23N3O4/c1-4-29-21(27)12-19-17-7-5-6-8-18(17)22(28)25(24-19)13-20(26)23-16-10-9-14(2)15(3)11-16/h5-11H,4,12-13H2,1-3H3,(H,23,26). The van der Waals surface area contributed by atoms with Crippen molar-refractivity contribution in [2.45, 2.75) is 33.7 Å². The molecule has 1 aromatic heterocycles. The number of rotatable bonds is 6. The molecule has 2 aromatic carbocycles. The van der Waals surface area contributed by atoms with Gasteiger partial charge in [0.1, 0.15) is 6.54 Å². The number of nitrogens with zero attached hydrogens (tertiary/aromatic N) is 2. The number of aryl methyl sites for hydroxylation is 2. The summed E-state index contributed by atoms with van der Waals surface area (Å²) in [4.78, 5) is 37.2. The molecular weight excluding hydrogens is 370 g/mol. The number of fused-ring (bicyclic) bond motifs is 1. The fourth-order valence-corrected chi connectivity index (χ4v) is 3.05. The van der Waals surface area contributed by atoms with Gasteiger partial charge in [-0.1, -0.05) is 24.3 Å². The Labute approximate surface area is 168 Å². The van der Waals surface area contributed by atoms with Crippen LogP contribution in [0.4, 0.5) is 5.69 Å². The van der Waals surface area contributed by atoms with Crippen LogP contribution in [-0.2, 0) is 27.3 Å². The van der Waals surface area contributed by atoms with Gasteiger partial charge in [-0.2, -0.15) is 5.10 Å².